The molecule has 0 aliphatic heterocycles. The Hall–Kier alpha value is -1.40. The minimum absolute atomic E-state index is 0.0723. The van der Waals surface area contributed by atoms with Gasteiger partial charge in [-0.25, -0.2) is 9.97 Å². The van der Waals surface area contributed by atoms with E-state index < -0.39 is 0 Å². The van der Waals surface area contributed by atoms with Crippen LogP contribution < -0.4 is 16.4 Å². The second kappa shape index (κ2) is 9.52. The number of aliphatic hydroxyl groups is 1. The normalized spacial score (nSPS) is 13.2. The van der Waals surface area contributed by atoms with Gasteiger partial charge >= 0.3 is 0 Å². The molecule has 1 aromatic heterocycles. The molecule has 0 aliphatic carbocycles. The Balaban J connectivity index is 0.00000154. The number of anilines is 2. The molecule has 0 saturated heterocycles. The lowest BCUT2D eigenvalue weighted by Crippen LogP contribution is -2.21. The van der Waals surface area contributed by atoms with Crippen molar-refractivity contribution in [2.45, 2.75) is 33.7 Å². The molecule has 0 fully saturated rings. The lowest BCUT2D eigenvalue weighted by molar-refractivity contribution is 0.244. The monoisotopic (exact) mass is 269 g/mol. The van der Waals surface area contributed by atoms with Gasteiger partial charge in [-0.3, -0.25) is 0 Å². The first-order valence-corrected chi connectivity index (χ1v) is 6.72. The van der Waals surface area contributed by atoms with Crippen molar-refractivity contribution in [3.63, 3.8) is 0 Å². The Kier molecular flexibility index (Phi) is 8.82. The Labute approximate surface area is 115 Å². The average molecular weight is 269 g/mol. The van der Waals surface area contributed by atoms with Crippen molar-refractivity contribution in [2.75, 3.05) is 31.2 Å². The van der Waals surface area contributed by atoms with E-state index in [1.165, 1.54) is 6.33 Å². The number of nitrogen functional groups attached to an aromatic ring is 1. The Morgan fingerprint density at radius 3 is 2.47 bits per heavy atom. The minimum Gasteiger partial charge on any atom is -0.396 e. The molecule has 1 aromatic rings. The highest BCUT2D eigenvalue weighted by atomic mass is 16.3. The van der Waals surface area contributed by atoms with E-state index in [2.05, 4.69) is 20.6 Å². The Bertz CT molecular complexity index is 359. The van der Waals surface area contributed by atoms with E-state index in [-0.39, 0.29) is 18.6 Å². The van der Waals surface area contributed by atoms with E-state index in [1.54, 1.807) is 0 Å². The number of nitrogens with zero attached hydrogens (tertiary/aromatic N) is 2. The summed E-state index contributed by atoms with van der Waals surface area (Å²) in [6, 6.07) is 0.0723. The molecule has 0 saturated carbocycles. The van der Waals surface area contributed by atoms with E-state index in [0.717, 1.165) is 11.4 Å². The Morgan fingerprint density at radius 1 is 1.32 bits per heavy atom. The predicted molar refractivity (Wildman–Crippen MR) is 80.0 cm³/mol. The molecule has 110 valence electrons. The molecule has 0 aromatic carbocycles. The molecule has 1 heterocycles. The van der Waals surface area contributed by atoms with Gasteiger partial charge in [0.2, 0.25) is 0 Å². The summed E-state index contributed by atoms with van der Waals surface area (Å²) in [6.45, 7) is 8.75. The second-order valence-electron chi connectivity index (χ2n) is 4.20. The summed E-state index contributed by atoms with van der Waals surface area (Å²) in [5.41, 5.74) is 6.72. The van der Waals surface area contributed by atoms with Crippen LogP contribution in [0.5, 0.6) is 0 Å². The molecular weight excluding hydrogens is 242 g/mol. The summed E-state index contributed by atoms with van der Waals surface area (Å²) in [7, 11) is 1.86. The molecular formula is C13H27N5O. The standard InChI is InChI=1S/C11H21N5O.C2H6/c1-7(5-17)4-14-11-9(8(2)13-3)10(12)15-6-16-11;1-2/h6-8,13,17H,4-5H2,1-3H3,(H3,12,14,15,16);1-2H3/t7-,8?;/m1./s1. The summed E-state index contributed by atoms with van der Waals surface area (Å²) >= 11 is 0. The highest BCUT2D eigenvalue weighted by Crippen LogP contribution is 2.24. The van der Waals surface area contributed by atoms with Gasteiger partial charge < -0.3 is 21.5 Å². The maximum Gasteiger partial charge on any atom is 0.136 e. The molecule has 6 heteroatoms. The van der Waals surface area contributed by atoms with Crippen LogP contribution >= 0.6 is 0 Å². The van der Waals surface area contributed by atoms with Gasteiger partial charge in [0.05, 0.1) is 5.56 Å². The molecule has 0 spiro atoms. The number of nitrogens with one attached hydrogen (secondary N) is 2. The van der Waals surface area contributed by atoms with E-state index in [4.69, 9.17) is 10.8 Å². The zero-order valence-electron chi connectivity index (χ0n) is 12.6. The molecule has 0 bridgehead atoms. The number of rotatable bonds is 6. The molecule has 0 aliphatic rings. The van der Waals surface area contributed by atoms with Crippen molar-refractivity contribution in [2.24, 2.45) is 5.92 Å². The molecule has 5 N–H and O–H groups in total. The Morgan fingerprint density at radius 2 is 1.95 bits per heavy atom. The second-order valence-corrected chi connectivity index (χ2v) is 4.20. The van der Waals surface area contributed by atoms with Gasteiger partial charge in [-0.05, 0) is 19.9 Å². The number of aromatic nitrogens is 2. The van der Waals surface area contributed by atoms with Crippen LogP contribution in [-0.4, -0.2) is 35.3 Å². The van der Waals surface area contributed by atoms with Gasteiger partial charge in [-0.1, -0.05) is 20.8 Å². The minimum atomic E-state index is 0.0723. The lowest BCUT2D eigenvalue weighted by Gasteiger charge is -2.18. The number of nitrogens with two attached hydrogens (primary N) is 1. The van der Waals surface area contributed by atoms with E-state index >= 15 is 0 Å². The lowest BCUT2D eigenvalue weighted by atomic mass is 10.1. The third kappa shape index (κ3) is 5.40. The van der Waals surface area contributed by atoms with Crippen molar-refractivity contribution in [3.05, 3.63) is 11.9 Å². The van der Waals surface area contributed by atoms with E-state index in [1.807, 2.05) is 34.7 Å². The number of aliphatic hydroxyl groups excluding tert-OH is 1. The van der Waals surface area contributed by atoms with Crippen molar-refractivity contribution in [3.8, 4) is 0 Å². The van der Waals surface area contributed by atoms with Gasteiger partial charge in [0, 0.05) is 19.2 Å². The predicted octanol–water partition coefficient (Wildman–Crippen LogP) is 1.41. The average Bonchev–Trinajstić information content (AvgIpc) is 2.46. The number of hydrogen-bond acceptors (Lipinski definition) is 6. The van der Waals surface area contributed by atoms with Crippen molar-refractivity contribution < 1.29 is 5.11 Å². The van der Waals surface area contributed by atoms with Crippen LogP contribution in [0.1, 0.15) is 39.3 Å². The van der Waals surface area contributed by atoms with Gasteiger partial charge in [0.15, 0.2) is 0 Å². The summed E-state index contributed by atoms with van der Waals surface area (Å²) < 4.78 is 0. The summed E-state index contributed by atoms with van der Waals surface area (Å²) in [5, 5.41) is 15.3. The molecule has 0 radical (unpaired) electrons. The van der Waals surface area contributed by atoms with Crippen LogP contribution in [0.25, 0.3) is 0 Å². The third-order valence-electron chi connectivity index (χ3n) is 2.71. The first-order chi connectivity index (χ1) is 9.10. The summed E-state index contributed by atoms with van der Waals surface area (Å²) in [6.07, 6.45) is 1.44. The maximum atomic E-state index is 8.98. The highest BCUT2D eigenvalue weighted by Gasteiger charge is 2.15. The molecule has 2 atom stereocenters. The summed E-state index contributed by atoms with van der Waals surface area (Å²) in [5.74, 6) is 1.37. The third-order valence-corrected chi connectivity index (χ3v) is 2.71. The SMILES string of the molecule is CC.CNC(C)c1c(N)ncnc1NC[C@@H](C)CO. The molecule has 1 rings (SSSR count). The molecule has 19 heavy (non-hydrogen) atoms. The van der Waals surface area contributed by atoms with Crippen LogP contribution in [0.2, 0.25) is 0 Å². The maximum absolute atomic E-state index is 8.98. The molecule has 0 amide bonds. The fourth-order valence-corrected chi connectivity index (χ4v) is 1.46. The van der Waals surface area contributed by atoms with Gasteiger partial charge in [0.25, 0.3) is 0 Å². The van der Waals surface area contributed by atoms with Crippen LogP contribution in [0.15, 0.2) is 6.33 Å². The van der Waals surface area contributed by atoms with Crippen LogP contribution in [0.4, 0.5) is 11.6 Å². The van der Waals surface area contributed by atoms with Gasteiger partial charge in [-0.15, -0.1) is 0 Å². The molecule has 6 nitrogen and oxygen atoms in total. The van der Waals surface area contributed by atoms with Gasteiger partial charge in [-0.2, -0.15) is 0 Å². The zero-order valence-corrected chi connectivity index (χ0v) is 12.6. The first-order valence-electron chi connectivity index (χ1n) is 6.72. The fraction of sp³-hybridized carbons (Fsp3) is 0.692. The van der Waals surface area contributed by atoms with Crippen LogP contribution in [-0.2, 0) is 0 Å². The quantitative estimate of drug-likeness (QED) is 0.623. The largest absolute Gasteiger partial charge is 0.396 e. The fourth-order valence-electron chi connectivity index (χ4n) is 1.46. The van der Waals surface area contributed by atoms with Gasteiger partial charge in [0.1, 0.15) is 18.0 Å². The van der Waals surface area contributed by atoms with Crippen LogP contribution in [0.3, 0.4) is 0 Å². The van der Waals surface area contributed by atoms with Crippen molar-refractivity contribution in [1.29, 1.82) is 0 Å². The first kappa shape index (κ1) is 17.6. The highest BCUT2D eigenvalue weighted by molar-refractivity contribution is 5.56. The zero-order chi connectivity index (χ0) is 14.8. The van der Waals surface area contributed by atoms with Crippen LogP contribution in [0, 0.1) is 5.92 Å². The molecule has 1 unspecified atom stereocenters. The van der Waals surface area contributed by atoms with E-state index in [9.17, 15) is 0 Å². The van der Waals surface area contributed by atoms with Crippen molar-refractivity contribution >= 4 is 11.6 Å². The van der Waals surface area contributed by atoms with Crippen molar-refractivity contribution in [1.82, 2.24) is 15.3 Å². The van der Waals surface area contributed by atoms with E-state index in [0.29, 0.717) is 12.4 Å². The number of hydrogen-bond donors (Lipinski definition) is 4. The topological polar surface area (TPSA) is 96.1 Å². The smallest absolute Gasteiger partial charge is 0.136 e. The summed E-state index contributed by atoms with van der Waals surface area (Å²) in [4.78, 5) is 8.18.